The van der Waals surface area contributed by atoms with E-state index in [2.05, 4.69) is 40.8 Å². The summed E-state index contributed by atoms with van der Waals surface area (Å²) in [4.78, 5) is 31.5. The molecule has 2 heterocycles. The molecule has 0 saturated carbocycles. The van der Waals surface area contributed by atoms with Crippen LogP contribution < -0.4 is 16.0 Å². The summed E-state index contributed by atoms with van der Waals surface area (Å²) in [7, 11) is 3.98. The Labute approximate surface area is 175 Å². The van der Waals surface area contributed by atoms with E-state index in [0.29, 0.717) is 18.3 Å². The number of nitrogens with one attached hydrogen (secondary N) is 3. The van der Waals surface area contributed by atoms with E-state index in [-0.39, 0.29) is 23.6 Å². The summed E-state index contributed by atoms with van der Waals surface area (Å²) in [5.41, 5.74) is 2.70. The quantitative estimate of drug-likeness (QED) is 0.514. The van der Waals surface area contributed by atoms with Crippen LogP contribution in [0.2, 0.25) is 0 Å². The second-order valence-corrected chi connectivity index (χ2v) is 7.14. The van der Waals surface area contributed by atoms with Crippen LogP contribution in [0.15, 0.2) is 28.8 Å². The fraction of sp³-hybridized carbons (Fsp3) is 0.350. The van der Waals surface area contributed by atoms with Gasteiger partial charge in [-0.1, -0.05) is 18.2 Å². The second kappa shape index (κ2) is 9.31. The number of carbonyl (C=O) groups excluding carboxylic acids is 1. The highest BCUT2D eigenvalue weighted by Crippen LogP contribution is 2.21. The summed E-state index contributed by atoms with van der Waals surface area (Å²) < 4.78 is 5.53. The monoisotopic (exact) mass is 410 g/mol. The van der Waals surface area contributed by atoms with Gasteiger partial charge in [0.05, 0.1) is 6.20 Å². The number of oxazole rings is 1. The van der Waals surface area contributed by atoms with Crippen LogP contribution in [0.25, 0.3) is 0 Å². The zero-order chi connectivity index (χ0) is 21.7. The highest BCUT2D eigenvalue weighted by atomic mass is 16.4. The van der Waals surface area contributed by atoms with Crippen LogP contribution in [0.4, 0.5) is 23.6 Å². The lowest BCUT2D eigenvalue weighted by Gasteiger charge is -2.11. The molecular weight excluding hydrogens is 384 g/mol. The highest BCUT2D eigenvalue weighted by Gasteiger charge is 2.16. The van der Waals surface area contributed by atoms with Crippen molar-refractivity contribution < 1.29 is 9.21 Å². The Morgan fingerprint density at radius 1 is 1.07 bits per heavy atom. The molecule has 0 spiro atoms. The highest BCUT2D eigenvalue weighted by molar-refractivity contribution is 6.03. The number of anilines is 4. The fourth-order valence-electron chi connectivity index (χ4n) is 2.73. The van der Waals surface area contributed by atoms with Crippen LogP contribution in [-0.2, 0) is 0 Å². The maximum absolute atomic E-state index is 12.5. The minimum absolute atomic E-state index is 0.0789. The molecular formula is C20H26N8O2. The minimum Gasteiger partial charge on any atom is -0.418 e. The average molecular weight is 410 g/mol. The van der Waals surface area contributed by atoms with Gasteiger partial charge >= 0.3 is 6.01 Å². The van der Waals surface area contributed by atoms with Gasteiger partial charge in [-0.05, 0) is 46.0 Å². The van der Waals surface area contributed by atoms with Gasteiger partial charge in [0.2, 0.25) is 17.7 Å². The van der Waals surface area contributed by atoms with E-state index < -0.39 is 0 Å². The van der Waals surface area contributed by atoms with E-state index >= 15 is 0 Å². The number of likely N-dealkylation sites (N-methyl/N-ethyl adjacent to an activating group) is 1. The SMILES string of the molecule is Cc1nc(NCCN(C)C)nc(Nc2ncc(C(=O)Nc3c(C)cccc3C)o2)n1. The van der Waals surface area contributed by atoms with Crippen LogP contribution in [0.3, 0.4) is 0 Å². The molecule has 0 aliphatic carbocycles. The summed E-state index contributed by atoms with van der Waals surface area (Å²) >= 11 is 0. The fourth-order valence-corrected chi connectivity index (χ4v) is 2.73. The van der Waals surface area contributed by atoms with E-state index in [4.69, 9.17) is 4.42 Å². The predicted octanol–water partition coefficient (Wildman–Crippen LogP) is 2.75. The molecule has 3 N–H and O–H groups in total. The summed E-state index contributed by atoms with van der Waals surface area (Å²) in [5, 5.41) is 8.89. The molecule has 0 radical (unpaired) electrons. The number of aromatic nitrogens is 4. The first-order valence-corrected chi connectivity index (χ1v) is 9.53. The molecule has 30 heavy (non-hydrogen) atoms. The molecule has 1 aromatic carbocycles. The number of amides is 1. The molecule has 10 nitrogen and oxygen atoms in total. The molecule has 0 saturated heterocycles. The van der Waals surface area contributed by atoms with Crippen LogP contribution >= 0.6 is 0 Å². The Balaban J connectivity index is 1.68. The van der Waals surface area contributed by atoms with Crippen molar-refractivity contribution in [2.75, 3.05) is 43.1 Å². The number of benzene rings is 1. The van der Waals surface area contributed by atoms with E-state index in [0.717, 1.165) is 23.4 Å². The number of hydrogen-bond donors (Lipinski definition) is 3. The largest absolute Gasteiger partial charge is 0.418 e. The zero-order valence-corrected chi connectivity index (χ0v) is 17.8. The normalized spacial score (nSPS) is 10.9. The van der Waals surface area contributed by atoms with E-state index in [1.54, 1.807) is 6.92 Å². The van der Waals surface area contributed by atoms with Gasteiger partial charge in [0, 0.05) is 18.8 Å². The molecule has 0 atom stereocenters. The molecule has 3 rings (SSSR count). The van der Waals surface area contributed by atoms with Crippen LogP contribution in [-0.4, -0.2) is 57.9 Å². The number of aryl methyl sites for hydroxylation is 3. The first kappa shape index (κ1) is 21.2. The Morgan fingerprint density at radius 3 is 2.47 bits per heavy atom. The second-order valence-electron chi connectivity index (χ2n) is 7.14. The van der Waals surface area contributed by atoms with Crippen molar-refractivity contribution in [2.45, 2.75) is 20.8 Å². The molecule has 0 aliphatic heterocycles. The number of para-hydroxylation sites is 1. The molecule has 0 aliphatic rings. The first-order valence-electron chi connectivity index (χ1n) is 9.53. The molecule has 3 aromatic rings. The van der Waals surface area contributed by atoms with Gasteiger partial charge in [-0.2, -0.15) is 15.0 Å². The lowest BCUT2D eigenvalue weighted by atomic mass is 10.1. The molecule has 0 unspecified atom stereocenters. The number of hydrogen-bond acceptors (Lipinski definition) is 9. The maximum atomic E-state index is 12.5. The first-order chi connectivity index (χ1) is 14.3. The smallest absolute Gasteiger partial charge is 0.302 e. The molecule has 10 heteroatoms. The summed E-state index contributed by atoms with van der Waals surface area (Å²) in [6.45, 7) is 7.17. The van der Waals surface area contributed by atoms with E-state index in [1.165, 1.54) is 6.20 Å². The minimum atomic E-state index is -0.384. The number of nitrogens with zero attached hydrogens (tertiary/aromatic N) is 5. The van der Waals surface area contributed by atoms with Crippen molar-refractivity contribution in [1.82, 2.24) is 24.8 Å². The topological polar surface area (TPSA) is 121 Å². The summed E-state index contributed by atoms with van der Waals surface area (Å²) in [5.74, 6) is 0.963. The van der Waals surface area contributed by atoms with Gasteiger partial charge in [0.1, 0.15) is 5.82 Å². The molecule has 0 fully saturated rings. The summed E-state index contributed by atoms with van der Waals surface area (Å²) in [6, 6.07) is 5.93. The number of carbonyl (C=O) groups is 1. The van der Waals surface area contributed by atoms with Gasteiger partial charge in [-0.15, -0.1) is 0 Å². The van der Waals surface area contributed by atoms with E-state index in [9.17, 15) is 4.79 Å². The standard InChI is InChI=1S/C20H26N8O2/c1-12-7-6-8-13(2)16(12)25-17(29)15-11-22-20(30-15)27-19-24-14(3)23-18(26-19)21-9-10-28(4)5/h6-8,11H,9-10H2,1-5H3,(H,25,29)(H2,21,22,23,24,26,27). The molecule has 0 bridgehead atoms. The van der Waals surface area contributed by atoms with Gasteiger partial charge in [0.25, 0.3) is 5.91 Å². The Bertz CT molecular complexity index is 1010. The van der Waals surface area contributed by atoms with E-state index in [1.807, 2.05) is 46.1 Å². The lowest BCUT2D eigenvalue weighted by molar-refractivity contribution is 0.0997. The third-order valence-corrected chi connectivity index (χ3v) is 4.26. The Kier molecular flexibility index (Phi) is 6.58. The predicted molar refractivity (Wildman–Crippen MR) is 115 cm³/mol. The van der Waals surface area contributed by atoms with Crippen molar-refractivity contribution in [3.63, 3.8) is 0 Å². The Hall–Kier alpha value is -3.53. The third-order valence-electron chi connectivity index (χ3n) is 4.26. The zero-order valence-electron chi connectivity index (χ0n) is 17.8. The van der Waals surface area contributed by atoms with Crippen LogP contribution in [0.1, 0.15) is 27.5 Å². The Morgan fingerprint density at radius 2 is 1.77 bits per heavy atom. The molecule has 158 valence electrons. The van der Waals surface area contributed by atoms with Crippen molar-refractivity contribution in [3.05, 3.63) is 47.1 Å². The van der Waals surface area contributed by atoms with Crippen LogP contribution in [0, 0.1) is 20.8 Å². The van der Waals surface area contributed by atoms with Gasteiger partial charge in [-0.3, -0.25) is 10.1 Å². The van der Waals surface area contributed by atoms with Gasteiger partial charge in [0.15, 0.2) is 0 Å². The number of rotatable bonds is 8. The van der Waals surface area contributed by atoms with Crippen molar-refractivity contribution in [2.24, 2.45) is 0 Å². The summed E-state index contributed by atoms with van der Waals surface area (Å²) in [6.07, 6.45) is 1.36. The van der Waals surface area contributed by atoms with Crippen molar-refractivity contribution in [3.8, 4) is 0 Å². The molecule has 2 aromatic heterocycles. The third kappa shape index (κ3) is 5.51. The van der Waals surface area contributed by atoms with Crippen molar-refractivity contribution >= 4 is 29.5 Å². The molecule has 1 amide bonds. The van der Waals surface area contributed by atoms with Gasteiger partial charge in [-0.25, -0.2) is 4.98 Å². The average Bonchev–Trinajstić information content (AvgIpc) is 3.12. The maximum Gasteiger partial charge on any atom is 0.302 e. The lowest BCUT2D eigenvalue weighted by Crippen LogP contribution is -2.22. The van der Waals surface area contributed by atoms with Crippen molar-refractivity contribution in [1.29, 1.82) is 0 Å². The van der Waals surface area contributed by atoms with Gasteiger partial charge < -0.3 is 20.0 Å². The van der Waals surface area contributed by atoms with Crippen LogP contribution in [0.5, 0.6) is 0 Å².